The topological polar surface area (TPSA) is 35.2 Å². The van der Waals surface area contributed by atoms with Crippen molar-refractivity contribution in [3.8, 4) is 5.75 Å². The summed E-state index contributed by atoms with van der Waals surface area (Å²) in [5.74, 6) is 1.68. The zero-order chi connectivity index (χ0) is 12.8. The summed E-state index contributed by atoms with van der Waals surface area (Å²) in [6.07, 6.45) is 0. The van der Waals surface area contributed by atoms with E-state index in [1.807, 2.05) is 48.5 Å². The number of benzene rings is 2. The largest absolute Gasteiger partial charge is 0.493 e. The summed E-state index contributed by atoms with van der Waals surface area (Å²) in [5.41, 5.74) is 6.39. The van der Waals surface area contributed by atoms with Crippen LogP contribution in [0, 0.1) is 0 Å². The molecule has 0 bridgehead atoms. The van der Waals surface area contributed by atoms with Gasteiger partial charge >= 0.3 is 0 Å². The molecule has 0 spiro atoms. The van der Waals surface area contributed by atoms with E-state index in [4.69, 9.17) is 22.1 Å². The summed E-state index contributed by atoms with van der Waals surface area (Å²) in [6.45, 7) is 0.640. The summed E-state index contributed by atoms with van der Waals surface area (Å²) >= 11 is 7.63. The number of rotatable bonds is 5. The van der Waals surface area contributed by atoms with Crippen molar-refractivity contribution >= 4 is 29.1 Å². The van der Waals surface area contributed by atoms with Crippen molar-refractivity contribution < 1.29 is 4.74 Å². The first-order valence-corrected chi connectivity index (χ1v) is 6.97. The Balaban J connectivity index is 1.76. The molecule has 0 aliphatic rings. The van der Waals surface area contributed by atoms with Gasteiger partial charge in [-0.05, 0) is 30.3 Å². The Bertz CT molecular complexity index is 471. The van der Waals surface area contributed by atoms with Crippen LogP contribution in [0.15, 0.2) is 53.4 Å². The van der Waals surface area contributed by atoms with Crippen LogP contribution in [0.2, 0.25) is 5.02 Å². The molecule has 2 aromatic rings. The van der Waals surface area contributed by atoms with Crippen molar-refractivity contribution in [2.75, 3.05) is 18.1 Å². The lowest BCUT2D eigenvalue weighted by Crippen LogP contribution is -2.00. The molecule has 0 fully saturated rings. The Morgan fingerprint density at radius 1 is 1.11 bits per heavy atom. The van der Waals surface area contributed by atoms with Crippen LogP contribution in [-0.4, -0.2) is 12.4 Å². The van der Waals surface area contributed by atoms with Crippen molar-refractivity contribution in [3.05, 3.63) is 53.6 Å². The number of halogens is 1. The number of anilines is 1. The second kappa shape index (κ2) is 6.57. The van der Waals surface area contributed by atoms with Gasteiger partial charge in [0.15, 0.2) is 0 Å². The quantitative estimate of drug-likeness (QED) is 0.509. The Morgan fingerprint density at radius 3 is 2.72 bits per heavy atom. The molecule has 0 atom stereocenters. The highest BCUT2D eigenvalue weighted by Crippen LogP contribution is 2.22. The van der Waals surface area contributed by atoms with E-state index < -0.39 is 0 Å². The minimum absolute atomic E-state index is 0.640. The van der Waals surface area contributed by atoms with Gasteiger partial charge in [-0.25, -0.2) is 0 Å². The van der Waals surface area contributed by atoms with Gasteiger partial charge in [0.25, 0.3) is 0 Å². The molecule has 0 aliphatic heterocycles. The van der Waals surface area contributed by atoms with Crippen LogP contribution in [0.25, 0.3) is 0 Å². The molecule has 4 heteroatoms. The fourth-order valence-corrected chi connectivity index (χ4v) is 2.52. The van der Waals surface area contributed by atoms with E-state index in [0.717, 1.165) is 27.1 Å². The molecule has 0 heterocycles. The smallest absolute Gasteiger partial charge is 0.121 e. The molecule has 0 amide bonds. The van der Waals surface area contributed by atoms with Crippen LogP contribution in [0.4, 0.5) is 5.69 Å². The molecule has 0 radical (unpaired) electrons. The third-order valence-corrected chi connectivity index (χ3v) is 3.47. The number of hydrogen-bond donors (Lipinski definition) is 1. The Hall–Kier alpha value is -1.32. The SMILES string of the molecule is Nc1cccc(OCCSc2cccc(Cl)c2)c1. The average molecular weight is 280 g/mol. The fraction of sp³-hybridized carbons (Fsp3) is 0.143. The maximum Gasteiger partial charge on any atom is 0.121 e. The van der Waals surface area contributed by atoms with Crippen LogP contribution in [-0.2, 0) is 0 Å². The first-order valence-electron chi connectivity index (χ1n) is 5.61. The maximum atomic E-state index is 5.91. The molecule has 0 saturated heterocycles. The summed E-state index contributed by atoms with van der Waals surface area (Å²) in [7, 11) is 0. The van der Waals surface area contributed by atoms with Crippen molar-refractivity contribution in [3.63, 3.8) is 0 Å². The molecule has 2 N–H and O–H groups in total. The molecule has 94 valence electrons. The van der Waals surface area contributed by atoms with Crippen LogP contribution in [0.1, 0.15) is 0 Å². The van der Waals surface area contributed by atoms with E-state index in [1.165, 1.54) is 0 Å². The summed E-state index contributed by atoms with van der Waals surface area (Å²) < 4.78 is 5.60. The third-order valence-electron chi connectivity index (χ3n) is 2.27. The zero-order valence-electron chi connectivity index (χ0n) is 9.80. The van der Waals surface area contributed by atoms with Gasteiger partial charge in [0, 0.05) is 27.4 Å². The van der Waals surface area contributed by atoms with E-state index in [2.05, 4.69) is 0 Å². The van der Waals surface area contributed by atoms with Crippen molar-refractivity contribution in [2.24, 2.45) is 0 Å². The lowest BCUT2D eigenvalue weighted by atomic mass is 10.3. The highest BCUT2D eigenvalue weighted by Gasteiger charge is 1.97. The van der Waals surface area contributed by atoms with E-state index in [0.29, 0.717) is 6.61 Å². The normalized spacial score (nSPS) is 10.3. The number of thioether (sulfide) groups is 1. The molecular weight excluding hydrogens is 266 g/mol. The standard InChI is InChI=1S/C14H14ClNOS/c15-11-3-1-6-14(9-11)18-8-7-17-13-5-2-4-12(16)10-13/h1-6,9-10H,7-8,16H2. The predicted octanol–water partition coefficient (Wildman–Crippen LogP) is 4.09. The molecule has 0 aliphatic carbocycles. The predicted molar refractivity (Wildman–Crippen MR) is 78.5 cm³/mol. The van der Waals surface area contributed by atoms with E-state index in [9.17, 15) is 0 Å². The van der Waals surface area contributed by atoms with Gasteiger partial charge in [-0.3, -0.25) is 0 Å². The second-order valence-electron chi connectivity index (χ2n) is 3.73. The highest BCUT2D eigenvalue weighted by atomic mass is 35.5. The minimum Gasteiger partial charge on any atom is -0.493 e. The van der Waals surface area contributed by atoms with Gasteiger partial charge in [-0.2, -0.15) is 0 Å². The number of ether oxygens (including phenoxy) is 1. The zero-order valence-corrected chi connectivity index (χ0v) is 11.4. The van der Waals surface area contributed by atoms with Gasteiger partial charge in [-0.15, -0.1) is 11.8 Å². The maximum absolute atomic E-state index is 5.91. The summed E-state index contributed by atoms with van der Waals surface area (Å²) in [5, 5.41) is 0.761. The van der Waals surface area contributed by atoms with Gasteiger partial charge in [0.1, 0.15) is 5.75 Å². The fourth-order valence-electron chi connectivity index (χ4n) is 1.48. The van der Waals surface area contributed by atoms with Crippen LogP contribution in [0.5, 0.6) is 5.75 Å². The Labute approximate surface area is 116 Å². The van der Waals surface area contributed by atoms with Gasteiger partial charge in [0.05, 0.1) is 6.61 Å². The molecule has 0 aromatic heterocycles. The monoisotopic (exact) mass is 279 g/mol. The van der Waals surface area contributed by atoms with Crippen molar-refractivity contribution in [2.45, 2.75) is 4.90 Å². The van der Waals surface area contributed by atoms with Crippen LogP contribution < -0.4 is 10.5 Å². The molecular formula is C14H14ClNOS. The summed E-state index contributed by atoms with van der Waals surface area (Å²) in [4.78, 5) is 1.15. The average Bonchev–Trinajstić information content (AvgIpc) is 2.35. The summed E-state index contributed by atoms with van der Waals surface area (Å²) in [6, 6.07) is 15.3. The third kappa shape index (κ3) is 4.17. The first-order chi connectivity index (χ1) is 8.74. The number of nitrogens with two attached hydrogens (primary N) is 1. The van der Waals surface area contributed by atoms with E-state index in [1.54, 1.807) is 11.8 Å². The molecule has 0 unspecified atom stereocenters. The lowest BCUT2D eigenvalue weighted by Gasteiger charge is -2.06. The molecule has 0 saturated carbocycles. The van der Waals surface area contributed by atoms with Crippen molar-refractivity contribution in [1.82, 2.24) is 0 Å². The molecule has 2 rings (SSSR count). The number of hydrogen-bond acceptors (Lipinski definition) is 3. The van der Waals surface area contributed by atoms with Crippen LogP contribution >= 0.6 is 23.4 Å². The Morgan fingerprint density at radius 2 is 1.94 bits per heavy atom. The van der Waals surface area contributed by atoms with Crippen LogP contribution in [0.3, 0.4) is 0 Å². The van der Waals surface area contributed by atoms with Crippen molar-refractivity contribution in [1.29, 1.82) is 0 Å². The highest BCUT2D eigenvalue weighted by molar-refractivity contribution is 7.99. The van der Waals surface area contributed by atoms with E-state index >= 15 is 0 Å². The molecule has 2 aromatic carbocycles. The molecule has 2 nitrogen and oxygen atoms in total. The lowest BCUT2D eigenvalue weighted by molar-refractivity contribution is 0.344. The van der Waals surface area contributed by atoms with Gasteiger partial charge < -0.3 is 10.5 Å². The first kappa shape index (κ1) is 13.1. The molecule has 18 heavy (non-hydrogen) atoms. The minimum atomic E-state index is 0.640. The van der Waals surface area contributed by atoms with Gasteiger partial charge in [0.2, 0.25) is 0 Å². The van der Waals surface area contributed by atoms with E-state index in [-0.39, 0.29) is 0 Å². The van der Waals surface area contributed by atoms with Gasteiger partial charge in [-0.1, -0.05) is 23.7 Å². The second-order valence-corrected chi connectivity index (χ2v) is 5.33. The number of nitrogen functional groups attached to an aromatic ring is 1. The Kier molecular flexibility index (Phi) is 4.79.